The van der Waals surface area contributed by atoms with Crippen LogP contribution in [0.15, 0.2) is 18.2 Å². The van der Waals surface area contributed by atoms with Crippen LogP contribution in [-0.2, 0) is 6.54 Å². The van der Waals surface area contributed by atoms with E-state index in [0.29, 0.717) is 23.7 Å². The number of benzene rings is 1. The molecule has 0 bridgehead atoms. The Bertz CT molecular complexity index is 391. The predicted molar refractivity (Wildman–Crippen MR) is 73.4 cm³/mol. The average Bonchev–Trinajstić information content (AvgIpc) is 2.29. The molecule has 100 valence electrons. The van der Waals surface area contributed by atoms with Crippen LogP contribution in [0, 0.1) is 5.82 Å². The lowest BCUT2D eigenvalue weighted by Gasteiger charge is -2.35. The highest BCUT2D eigenvalue weighted by atomic mass is 35.5. The van der Waals surface area contributed by atoms with Gasteiger partial charge in [0.15, 0.2) is 0 Å². The van der Waals surface area contributed by atoms with Crippen LogP contribution in [0.25, 0.3) is 0 Å². The first-order valence-electron chi connectivity index (χ1n) is 6.43. The zero-order valence-corrected chi connectivity index (χ0v) is 11.7. The van der Waals surface area contributed by atoms with Crippen LogP contribution < -0.4 is 5.32 Å². The first-order chi connectivity index (χ1) is 8.54. The van der Waals surface area contributed by atoms with E-state index in [-0.39, 0.29) is 5.82 Å². The number of nitrogens with one attached hydrogen (secondary N) is 1. The average molecular weight is 271 g/mol. The Morgan fingerprint density at radius 3 is 2.89 bits per heavy atom. The number of likely N-dealkylation sites (tertiary alicyclic amines) is 1. The summed E-state index contributed by atoms with van der Waals surface area (Å²) in [6.45, 7) is 4.04. The van der Waals surface area contributed by atoms with Crippen molar-refractivity contribution in [1.82, 2.24) is 10.2 Å². The highest BCUT2D eigenvalue weighted by molar-refractivity contribution is 6.30. The third-order valence-electron chi connectivity index (χ3n) is 3.73. The van der Waals surface area contributed by atoms with E-state index in [2.05, 4.69) is 24.2 Å². The van der Waals surface area contributed by atoms with Crippen molar-refractivity contribution in [3.05, 3.63) is 34.6 Å². The van der Waals surface area contributed by atoms with Gasteiger partial charge in [-0.05, 0) is 57.1 Å². The second kappa shape index (κ2) is 6.00. The fraction of sp³-hybridized carbons (Fsp3) is 0.571. The van der Waals surface area contributed by atoms with Gasteiger partial charge in [-0.3, -0.25) is 0 Å². The second-order valence-electron chi connectivity index (χ2n) is 5.21. The van der Waals surface area contributed by atoms with Gasteiger partial charge in [-0.1, -0.05) is 11.6 Å². The van der Waals surface area contributed by atoms with Crippen LogP contribution in [0.1, 0.15) is 25.3 Å². The van der Waals surface area contributed by atoms with Crippen molar-refractivity contribution in [2.24, 2.45) is 0 Å². The molecular formula is C14H20ClFN2. The molecule has 0 spiro atoms. The quantitative estimate of drug-likeness (QED) is 0.908. The fourth-order valence-electron chi connectivity index (χ4n) is 2.45. The summed E-state index contributed by atoms with van der Waals surface area (Å²) in [5.74, 6) is -0.268. The molecule has 4 heteroatoms. The molecule has 0 aromatic heterocycles. The summed E-state index contributed by atoms with van der Waals surface area (Å²) >= 11 is 5.84. The molecule has 1 fully saturated rings. The molecule has 2 unspecified atom stereocenters. The maximum absolute atomic E-state index is 13.2. The Balaban J connectivity index is 1.88. The Hall–Kier alpha value is -0.640. The van der Waals surface area contributed by atoms with Gasteiger partial charge < -0.3 is 10.2 Å². The Kier molecular flexibility index (Phi) is 4.60. The van der Waals surface area contributed by atoms with Crippen LogP contribution in [0.2, 0.25) is 5.02 Å². The Morgan fingerprint density at radius 2 is 2.22 bits per heavy atom. The molecule has 0 amide bonds. The topological polar surface area (TPSA) is 15.3 Å². The molecular weight excluding hydrogens is 251 g/mol. The van der Waals surface area contributed by atoms with Gasteiger partial charge in [0, 0.05) is 23.7 Å². The number of rotatable bonds is 3. The van der Waals surface area contributed by atoms with E-state index in [1.54, 1.807) is 0 Å². The Morgan fingerprint density at radius 1 is 1.44 bits per heavy atom. The van der Waals surface area contributed by atoms with Gasteiger partial charge in [-0.15, -0.1) is 0 Å². The molecule has 0 aliphatic carbocycles. The lowest BCUT2D eigenvalue weighted by atomic mass is 9.99. The molecule has 1 saturated heterocycles. The molecule has 18 heavy (non-hydrogen) atoms. The van der Waals surface area contributed by atoms with Gasteiger partial charge in [0.2, 0.25) is 0 Å². The number of halogens is 2. The molecule has 1 aliphatic rings. The first-order valence-corrected chi connectivity index (χ1v) is 6.81. The van der Waals surface area contributed by atoms with Crippen LogP contribution in [0.5, 0.6) is 0 Å². The van der Waals surface area contributed by atoms with Gasteiger partial charge in [0.1, 0.15) is 5.82 Å². The summed E-state index contributed by atoms with van der Waals surface area (Å²) in [7, 11) is 2.16. The molecule has 1 aliphatic heterocycles. The highest BCUT2D eigenvalue weighted by Crippen LogP contribution is 2.17. The largest absolute Gasteiger partial charge is 0.310 e. The molecule has 0 radical (unpaired) electrons. The lowest BCUT2D eigenvalue weighted by molar-refractivity contribution is 0.168. The third-order valence-corrected chi connectivity index (χ3v) is 3.94. The van der Waals surface area contributed by atoms with Crippen molar-refractivity contribution < 1.29 is 4.39 Å². The van der Waals surface area contributed by atoms with Gasteiger partial charge in [0.05, 0.1) is 0 Å². The first kappa shape index (κ1) is 13.8. The van der Waals surface area contributed by atoms with Crippen LogP contribution in [-0.4, -0.2) is 30.6 Å². The summed E-state index contributed by atoms with van der Waals surface area (Å²) in [6.07, 6.45) is 2.28. The van der Waals surface area contributed by atoms with Crippen molar-refractivity contribution in [3.8, 4) is 0 Å². The number of piperidine rings is 1. The molecule has 1 heterocycles. The lowest BCUT2D eigenvalue weighted by Crippen LogP contribution is -2.45. The molecule has 1 aromatic carbocycles. The van der Waals surface area contributed by atoms with E-state index in [1.807, 2.05) is 6.07 Å². The molecule has 1 aromatic rings. The summed E-state index contributed by atoms with van der Waals surface area (Å²) in [6, 6.07) is 5.81. The molecule has 2 nitrogen and oxygen atoms in total. The van der Waals surface area contributed by atoms with Gasteiger partial charge in [0.25, 0.3) is 0 Å². The Labute approximate surface area is 113 Å². The van der Waals surface area contributed by atoms with Gasteiger partial charge >= 0.3 is 0 Å². The summed E-state index contributed by atoms with van der Waals surface area (Å²) < 4.78 is 13.2. The third kappa shape index (κ3) is 3.67. The maximum atomic E-state index is 13.2. The molecule has 2 rings (SSSR count). The SMILES string of the molecule is CC1CC(NCc2cc(F)cc(Cl)c2)CCN1C. The van der Waals surface area contributed by atoms with E-state index in [9.17, 15) is 4.39 Å². The molecule has 1 N–H and O–H groups in total. The van der Waals surface area contributed by atoms with E-state index in [1.165, 1.54) is 12.1 Å². The van der Waals surface area contributed by atoms with Gasteiger partial charge in [-0.25, -0.2) is 4.39 Å². The minimum atomic E-state index is -0.268. The minimum Gasteiger partial charge on any atom is -0.310 e. The van der Waals surface area contributed by atoms with Crippen molar-refractivity contribution in [2.75, 3.05) is 13.6 Å². The predicted octanol–water partition coefficient (Wildman–Crippen LogP) is 3.05. The van der Waals surface area contributed by atoms with Crippen molar-refractivity contribution in [3.63, 3.8) is 0 Å². The fourth-order valence-corrected chi connectivity index (χ4v) is 2.69. The number of nitrogens with zero attached hydrogens (tertiary/aromatic N) is 1. The van der Waals surface area contributed by atoms with Crippen molar-refractivity contribution >= 4 is 11.6 Å². The zero-order chi connectivity index (χ0) is 13.1. The van der Waals surface area contributed by atoms with Crippen LogP contribution in [0.3, 0.4) is 0 Å². The second-order valence-corrected chi connectivity index (χ2v) is 5.65. The van der Waals surface area contributed by atoms with E-state index < -0.39 is 0 Å². The maximum Gasteiger partial charge on any atom is 0.125 e. The summed E-state index contributed by atoms with van der Waals surface area (Å²) in [4.78, 5) is 2.37. The van der Waals surface area contributed by atoms with Crippen LogP contribution in [0.4, 0.5) is 4.39 Å². The summed E-state index contributed by atoms with van der Waals surface area (Å²) in [5.41, 5.74) is 0.909. The standard InChI is InChI=1S/C14H20ClFN2/c1-10-5-14(3-4-18(10)2)17-9-11-6-12(15)8-13(16)7-11/h6-8,10,14,17H,3-5,9H2,1-2H3. The number of hydrogen-bond donors (Lipinski definition) is 1. The molecule has 2 atom stereocenters. The van der Waals surface area contributed by atoms with Crippen molar-refractivity contribution in [2.45, 2.75) is 38.4 Å². The minimum absolute atomic E-state index is 0.268. The smallest absolute Gasteiger partial charge is 0.125 e. The van der Waals surface area contributed by atoms with E-state index in [0.717, 1.165) is 24.9 Å². The zero-order valence-electron chi connectivity index (χ0n) is 10.9. The van der Waals surface area contributed by atoms with E-state index >= 15 is 0 Å². The van der Waals surface area contributed by atoms with E-state index in [4.69, 9.17) is 11.6 Å². The summed E-state index contributed by atoms with van der Waals surface area (Å²) in [5, 5.41) is 3.95. The van der Waals surface area contributed by atoms with Crippen molar-refractivity contribution in [1.29, 1.82) is 0 Å². The van der Waals surface area contributed by atoms with Gasteiger partial charge in [-0.2, -0.15) is 0 Å². The highest BCUT2D eigenvalue weighted by Gasteiger charge is 2.22. The molecule has 0 saturated carbocycles. The monoisotopic (exact) mass is 270 g/mol. The number of hydrogen-bond acceptors (Lipinski definition) is 2. The normalized spacial score (nSPS) is 25.3. The van der Waals surface area contributed by atoms with Crippen LogP contribution >= 0.6 is 11.6 Å².